The molecule has 3 aromatic carbocycles. The van der Waals surface area contributed by atoms with Gasteiger partial charge in [0.2, 0.25) is 0 Å². The predicted molar refractivity (Wildman–Crippen MR) is 125 cm³/mol. The lowest BCUT2D eigenvalue weighted by Gasteiger charge is -2.38. The molecule has 29 heavy (non-hydrogen) atoms. The molecule has 0 saturated carbocycles. The Hall–Kier alpha value is -2.16. The molecular weight excluding hydrogens is 394 g/mol. The number of rotatable bonds is 4. The van der Waals surface area contributed by atoms with Crippen molar-refractivity contribution in [1.29, 1.82) is 0 Å². The zero-order chi connectivity index (χ0) is 19.8. The Balaban J connectivity index is 1.47. The van der Waals surface area contributed by atoms with E-state index < -0.39 is 0 Å². The molecule has 0 amide bonds. The minimum Gasteiger partial charge on any atom is -0.377 e. The highest BCUT2D eigenvalue weighted by Gasteiger charge is 2.38. The van der Waals surface area contributed by atoms with Gasteiger partial charge >= 0.3 is 0 Å². The number of halogens is 1. The van der Waals surface area contributed by atoms with Gasteiger partial charge in [0.15, 0.2) is 0 Å². The molecule has 0 bridgehead atoms. The third kappa shape index (κ3) is 3.72. The van der Waals surface area contributed by atoms with E-state index in [1.54, 1.807) is 0 Å². The first-order valence-corrected chi connectivity index (χ1v) is 11.6. The summed E-state index contributed by atoms with van der Waals surface area (Å²) in [4.78, 5) is 1.32. The van der Waals surface area contributed by atoms with Gasteiger partial charge in [0.1, 0.15) is 0 Å². The van der Waals surface area contributed by atoms with E-state index in [1.165, 1.54) is 32.8 Å². The standard InChI is InChI=1S/C26H24ClNS/c1-17-13-18(16-29-21-9-3-2-4-10-21)14-24-22-11-6-12-23(22)26(28-25(17)24)19-7-5-8-20(27)15-19/h2-11,13-15,22-23,26,28H,12,16H2,1H3/t22-,23-,26-/m1/s1. The molecule has 1 aliphatic heterocycles. The molecule has 0 spiro atoms. The highest BCUT2D eigenvalue weighted by Crippen LogP contribution is 2.51. The van der Waals surface area contributed by atoms with Crippen molar-refractivity contribution in [1.82, 2.24) is 0 Å². The molecule has 3 aromatic rings. The minimum absolute atomic E-state index is 0.296. The van der Waals surface area contributed by atoms with Crippen LogP contribution < -0.4 is 5.32 Å². The maximum absolute atomic E-state index is 6.30. The van der Waals surface area contributed by atoms with E-state index in [1.807, 2.05) is 17.8 Å². The first-order valence-electron chi connectivity index (χ1n) is 10.2. The number of fused-ring (bicyclic) bond motifs is 3. The van der Waals surface area contributed by atoms with E-state index in [4.69, 9.17) is 11.6 Å². The van der Waals surface area contributed by atoms with E-state index in [0.29, 0.717) is 17.9 Å². The Bertz CT molecular complexity index is 1060. The monoisotopic (exact) mass is 417 g/mol. The van der Waals surface area contributed by atoms with Crippen LogP contribution in [-0.4, -0.2) is 0 Å². The summed E-state index contributed by atoms with van der Waals surface area (Å²) in [5, 5.41) is 4.68. The maximum Gasteiger partial charge on any atom is 0.0554 e. The summed E-state index contributed by atoms with van der Waals surface area (Å²) in [6.45, 7) is 2.23. The van der Waals surface area contributed by atoms with Gasteiger partial charge in [0.05, 0.1) is 6.04 Å². The Kier molecular flexibility index (Phi) is 5.15. The third-order valence-electron chi connectivity index (χ3n) is 6.08. The topological polar surface area (TPSA) is 12.0 Å². The zero-order valence-electron chi connectivity index (χ0n) is 16.4. The van der Waals surface area contributed by atoms with Gasteiger partial charge in [0.25, 0.3) is 0 Å². The molecule has 0 fully saturated rings. The smallest absolute Gasteiger partial charge is 0.0554 e. The van der Waals surface area contributed by atoms with Crippen LogP contribution in [0.1, 0.15) is 40.6 Å². The van der Waals surface area contributed by atoms with Gasteiger partial charge in [-0.25, -0.2) is 0 Å². The summed E-state index contributed by atoms with van der Waals surface area (Å²) in [5.74, 6) is 2.00. The molecule has 3 heteroatoms. The summed E-state index contributed by atoms with van der Waals surface area (Å²) < 4.78 is 0. The Morgan fingerprint density at radius 1 is 1.03 bits per heavy atom. The lowest BCUT2D eigenvalue weighted by atomic mass is 9.76. The van der Waals surface area contributed by atoms with E-state index in [0.717, 1.165) is 17.2 Å². The van der Waals surface area contributed by atoms with Gasteiger partial charge in [-0.2, -0.15) is 0 Å². The largest absolute Gasteiger partial charge is 0.377 e. The van der Waals surface area contributed by atoms with Gasteiger partial charge in [0, 0.05) is 27.3 Å². The molecule has 1 nitrogen and oxygen atoms in total. The van der Waals surface area contributed by atoms with Crippen molar-refractivity contribution < 1.29 is 0 Å². The van der Waals surface area contributed by atoms with E-state index in [2.05, 4.69) is 85.1 Å². The molecule has 3 atom stereocenters. The number of hydrogen-bond donors (Lipinski definition) is 1. The van der Waals surface area contributed by atoms with Crippen LogP contribution in [0.2, 0.25) is 5.02 Å². The zero-order valence-corrected chi connectivity index (χ0v) is 18.0. The molecule has 1 heterocycles. The Morgan fingerprint density at radius 2 is 1.90 bits per heavy atom. The van der Waals surface area contributed by atoms with Crippen LogP contribution in [-0.2, 0) is 5.75 Å². The second-order valence-corrected chi connectivity index (χ2v) is 9.49. The SMILES string of the molecule is Cc1cc(CSc2ccccc2)cc2c1N[C@H](c1cccc(Cl)c1)[C@@H]1CC=C[C@@H]21. The van der Waals surface area contributed by atoms with Gasteiger partial charge < -0.3 is 5.32 Å². The lowest BCUT2D eigenvalue weighted by molar-refractivity contribution is 0.425. The second-order valence-electron chi connectivity index (χ2n) is 8.01. The lowest BCUT2D eigenvalue weighted by Crippen LogP contribution is -2.29. The average Bonchev–Trinajstić information content (AvgIpc) is 3.23. The molecule has 0 unspecified atom stereocenters. The van der Waals surface area contributed by atoms with Crippen molar-refractivity contribution in [2.45, 2.75) is 36.0 Å². The molecule has 0 aromatic heterocycles. The molecule has 0 saturated heterocycles. The molecule has 0 radical (unpaired) electrons. The molecule has 1 N–H and O–H groups in total. The Morgan fingerprint density at radius 3 is 2.72 bits per heavy atom. The number of nitrogens with one attached hydrogen (secondary N) is 1. The van der Waals surface area contributed by atoms with Gasteiger partial charge in [-0.05, 0) is 65.8 Å². The summed E-state index contributed by atoms with van der Waals surface area (Å²) in [5.41, 5.74) is 6.76. The minimum atomic E-state index is 0.296. The van der Waals surface area contributed by atoms with Crippen molar-refractivity contribution in [3.63, 3.8) is 0 Å². The summed E-state index contributed by atoms with van der Waals surface area (Å²) in [7, 11) is 0. The van der Waals surface area contributed by atoms with Crippen LogP contribution in [0.3, 0.4) is 0 Å². The van der Waals surface area contributed by atoms with Gasteiger partial charge in [-0.3, -0.25) is 0 Å². The molecular formula is C26H24ClNS. The van der Waals surface area contributed by atoms with Crippen molar-refractivity contribution in [2.24, 2.45) is 5.92 Å². The normalized spacial score (nSPS) is 22.1. The van der Waals surface area contributed by atoms with Crippen LogP contribution in [0, 0.1) is 12.8 Å². The van der Waals surface area contributed by atoms with Crippen molar-refractivity contribution >= 4 is 29.1 Å². The van der Waals surface area contributed by atoms with E-state index in [9.17, 15) is 0 Å². The molecule has 1 aliphatic carbocycles. The second kappa shape index (κ2) is 7.93. The fourth-order valence-corrected chi connectivity index (χ4v) is 5.81. The van der Waals surface area contributed by atoms with Crippen LogP contribution in [0.5, 0.6) is 0 Å². The van der Waals surface area contributed by atoms with Crippen LogP contribution >= 0.6 is 23.4 Å². The maximum atomic E-state index is 6.30. The van der Waals surface area contributed by atoms with Crippen LogP contribution in [0.15, 0.2) is 83.8 Å². The average molecular weight is 418 g/mol. The summed E-state index contributed by atoms with van der Waals surface area (Å²) >= 11 is 8.20. The first-order chi connectivity index (χ1) is 14.2. The fraction of sp³-hybridized carbons (Fsp3) is 0.231. The van der Waals surface area contributed by atoms with Gasteiger partial charge in [-0.1, -0.05) is 66.2 Å². The van der Waals surface area contributed by atoms with Gasteiger partial charge in [-0.15, -0.1) is 11.8 Å². The molecule has 146 valence electrons. The number of allylic oxidation sites excluding steroid dienone is 2. The number of anilines is 1. The van der Waals surface area contributed by atoms with Crippen molar-refractivity contribution in [3.8, 4) is 0 Å². The van der Waals surface area contributed by atoms with Crippen molar-refractivity contribution in [3.05, 3.63) is 106 Å². The first kappa shape index (κ1) is 18.8. The molecule has 5 rings (SSSR count). The van der Waals surface area contributed by atoms with Crippen molar-refractivity contribution in [2.75, 3.05) is 5.32 Å². The molecule has 2 aliphatic rings. The highest BCUT2D eigenvalue weighted by molar-refractivity contribution is 7.98. The highest BCUT2D eigenvalue weighted by atomic mass is 35.5. The number of hydrogen-bond acceptors (Lipinski definition) is 2. The predicted octanol–water partition coefficient (Wildman–Crippen LogP) is 7.77. The fourth-order valence-electron chi connectivity index (χ4n) is 4.76. The summed E-state index contributed by atoms with van der Waals surface area (Å²) in [6, 6.07) is 24.0. The number of aryl methyl sites for hydroxylation is 1. The number of benzene rings is 3. The van der Waals surface area contributed by atoms with E-state index in [-0.39, 0.29) is 0 Å². The van der Waals surface area contributed by atoms with Crippen LogP contribution in [0.4, 0.5) is 5.69 Å². The number of thioether (sulfide) groups is 1. The summed E-state index contributed by atoms with van der Waals surface area (Å²) in [6.07, 6.45) is 5.87. The quantitative estimate of drug-likeness (QED) is 0.343. The van der Waals surface area contributed by atoms with Crippen LogP contribution in [0.25, 0.3) is 0 Å². The third-order valence-corrected chi connectivity index (χ3v) is 7.40. The Labute approximate surface area is 182 Å². The van der Waals surface area contributed by atoms with E-state index >= 15 is 0 Å².